The lowest BCUT2D eigenvalue weighted by atomic mass is 10.1. The number of rotatable bonds is 12. The molecule has 0 aromatic heterocycles. The topological polar surface area (TPSA) is 58.9 Å². The molecule has 0 fully saturated rings. The minimum atomic E-state index is 0.138. The zero-order valence-corrected chi connectivity index (χ0v) is 13.9. The maximum absolute atomic E-state index is 8.38. The maximum Gasteiger partial charge on any atom is 0.0697 e. The summed E-state index contributed by atoms with van der Waals surface area (Å²) in [5, 5.41) is 16.8. The number of aliphatic hydroxyl groups is 2. The van der Waals surface area contributed by atoms with Gasteiger partial charge in [0.15, 0.2) is 0 Å². The van der Waals surface area contributed by atoms with Crippen LogP contribution in [0.1, 0.15) is 53.4 Å². The smallest absolute Gasteiger partial charge is 0.0697 e. The van der Waals surface area contributed by atoms with Crippen molar-refractivity contribution in [3.8, 4) is 0 Å². The average Bonchev–Trinajstić information content (AvgIpc) is 2.41. The lowest BCUT2D eigenvalue weighted by molar-refractivity contribution is 0.0695. The van der Waals surface area contributed by atoms with Gasteiger partial charge in [0, 0.05) is 13.2 Å². The molecule has 4 nitrogen and oxygen atoms in total. The van der Waals surface area contributed by atoms with Crippen molar-refractivity contribution in [1.82, 2.24) is 0 Å². The average molecular weight is 292 g/mol. The molecule has 2 unspecified atom stereocenters. The molecule has 124 valence electrons. The Hall–Kier alpha value is -0.160. The summed E-state index contributed by atoms with van der Waals surface area (Å²) in [4.78, 5) is 0. The second-order valence-corrected chi connectivity index (χ2v) is 5.38. The van der Waals surface area contributed by atoms with Gasteiger partial charge in [0.05, 0.1) is 26.4 Å². The molecule has 0 heterocycles. The monoisotopic (exact) mass is 292 g/mol. The molecule has 0 aromatic carbocycles. The number of hydrogen-bond acceptors (Lipinski definition) is 4. The van der Waals surface area contributed by atoms with Crippen molar-refractivity contribution < 1.29 is 19.7 Å². The third-order valence-electron chi connectivity index (χ3n) is 2.84. The molecule has 0 aliphatic heterocycles. The summed E-state index contributed by atoms with van der Waals surface area (Å²) >= 11 is 0. The molecule has 2 N–H and O–H groups in total. The quantitative estimate of drug-likeness (QED) is 0.543. The van der Waals surface area contributed by atoms with Crippen molar-refractivity contribution in [3.63, 3.8) is 0 Å². The molecule has 0 radical (unpaired) electrons. The van der Waals surface area contributed by atoms with E-state index in [0.29, 0.717) is 25.0 Å². The van der Waals surface area contributed by atoms with Gasteiger partial charge >= 0.3 is 0 Å². The Labute approximate surface area is 125 Å². The van der Waals surface area contributed by atoms with Gasteiger partial charge in [-0.2, -0.15) is 0 Å². The van der Waals surface area contributed by atoms with E-state index in [1.165, 1.54) is 25.7 Å². The Bertz CT molecular complexity index is 147. The van der Waals surface area contributed by atoms with Gasteiger partial charge in [-0.1, -0.05) is 40.5 Å². The van der Waals surface area contributed by atoms with Crippen molar-refractivity contribution in [1.29, 1.82) is 0 Å². The van der Waals surface area contributed by atoms with Crippen LogP contribution in [0, 0.1) is 11.8 Å². The molecule has 0 saturated heterocycles. The predicted octanol–water partition coefficient (Wildman–Crippen LogP) is 2.86. The van der Waals surface area contributed by atoms with E-state index in [0.717, 1.165) is 13.2 Å². The highest BCUT2D eigenvalue weighted by atomic mass is 16.5. The third-order valence-corrected chi connectivity index (χ3v) is 2.84. The van der Waals surface area contributed by atoms with Crippen molar-refractivity contribution in [2.24, 2.45) is 11.8 Å². The first kappa shape index (κ1) is 22.1. The Kier molecular flexibility index (Phi) is 20.8. The van der Waals surface area contributed by atoms with Gasteiger partial charge in [-0.15, -0.1) is 0 Å². The fourth-order valence-electron chi connectivity index (χ4n) is 1.85. The number of hydrogen-bond donors (Lipinski definition) is 2. The fourth-order valence-corrected chi connectivity index (χ4v) is 1.85. The third kappa shape index (κ3) is 20.2. The second kappa shape index (κ2) is 18.8. The molecule has 0 bridgehead atoms. The van der Waals surface area contributed by atoms with E-state index in [1.807, 2.05) is 0 Å². The molecule has 20 heavy (non-hydrogen) atoms. The largest absolute Gasteiger partial charge is 0.394 e. The van der Waals surface area contributed by atoms with E-state index in [1.54, 1.807) is 0 Å². The highest BCUT2D eigenvalue weighted by molar-refractivity contribution is 4.49. The van der Waals surface area contributed by atoms with Gasteiger partial charge in [-0.25, -0.2) is 0 Å². The lowest BCUT2D eigenvalue weighted by Crippen LogP contribution is -2.08. The SMILES string of the molecule is CCCC(C)COCCO.CCCC(C)COCCO. The minimum Gasteiger partial charge on any atom is -0.394 e. The lowest BCUT2D eigenvalue weighted by Gasteiger charge is -2.08. The van der Waals surface area contributed by atoms with E-state index in [4.69, 9.17) is 19.7 Å². The Morgan fingerprint density at radius 3 is 1.35 bits per heavy atom. The van der Waals surface area contributed by atoms with Crippen LogP contribution in [0.2, 0.25) is 0 Å². The second-order valence-electron chi connectivity index (χ2n) is 5.38. The molecular weight excluding hydrogens is 256 g/mol. The molecule has 0 saturated carbocycles. The number of ether oxygens (including phenoxy) is 2. The molecule has 0 aromatic rings. The van der Waals surface area contributed by atoms with E-state index < -0.39 is 0 Å². The van der Waals surface area contributed by atoms with Crippen molar-refractivity contribution >= 4 is 0 Å². The van der Waals surface area contributed by atoms with Crippen LogP contribution in [0.4, 0.5) is 0 Å². The Morgan fingerprint density at radius 1 is 0.750 bits per heavy atom. The van der Waals surface area contributed by atoms with E-state index in [-0.39, 0.29) is 13.2 Å². The van der Waals surface area contributed by atoms with Gasteiger partial charge in [0.1, 0.15) is 0 Å². The molecule has 4 heteroatoms. The summed E-state index contributed by atoms with van der Waals surface area (Å²) in [7, 11) is 0. The first-order valence-corrected chi connectivity index (χ1v) is 7.99. The minimum absolute atomic E-state index is 0.138. The standard InChI is InChI=1S/2C8H18O2/c2*1-3-4-8(2)7-10-6-5-9/h2*8-9H,3-7H2,1-2H3. The van der Waals surface area contributed by atoms with Gasteiger partial charge < -0.3 is 19.7 Å². The van der Waals surface area contributed by atoms with Crippen LogP contribution in [0.25, 0.3) is 0 Å². The van der Waals surface area contributed by atoms with Crippen LogP contribution in [-0.4, -0.2) is 49.9 Å². The van der Waals surface area contributed by atoms with E-state index in [2.05, 4.69) is 27.7 Å². The van der Waals surface area contributed by atoms with Crippen LogP contribution in [0.5, 0.6) is 0 Å². The van der Waals surface area contributed by atoms with Crippen LogP contribution >= 0.6 is 0 Å². The van der Waals surface area contributed by atoms with Crippen LogP contribution in [0.15, 0.2) is 0 Å². The summed E-state index contributed by atoms with van der Waals surface area (Å²) in [5.41, 5.74) is 0. The summed E-state index contributed by atoms with van der Waals surface area (Å²) in [6, 6.07) is 0. The van der Waals surface area contributed by atoms with Crippen LogP contribution in [-0.2, 0) is 9.47 Å². The van der Waals surface area contributed by atoms with Gasteiger partial charge in [-0.3, -0.25) is 0 Å². The molecule has 0 amide bonds. The van der Waals surface area contributed by atoms with Crippen molar-refractivity contribution in [3.05, 3.63) is 0 Å². The van der Waals surface area contributed by atoms with Gasteiger partial charge in [0.2, 0.25) is 0 Å². The molecule has 0 spiro atoms. The zero-order chi connectivity index (χ0) is 15.6. The molecule has 0 rings (SSSR count). The maximum atomic E-state index is 8.38. The summed E-state index contributed by atoms with van der Waals surface area (Å²) < 4.78 is 10.3. The van der Waals surface area contributed by atoms with Gasteiger partial charge in [-0.05, 0) is 24.7 Å². The highest BCUT2D eigenvalue weighted by Gasteiger charge is 1.99. The van der Waals surface area contributed by atoms with Crippen molar-refractivity contribution in [2.75, 3.05) is 39.6 Å². The molecular formula is C16H36O4. The Morgan fingerprint density at radius 2 is 1.10 bits per heavy atom. The normalized spacial score (nSPS) is 13.5. The first-order chi connectivity index (χ1) is 9.62. The highest BCUT2D eigenvalue weighted by Crippen LogP contribution is 2.04. The molecule has 0 aliphatic carbocycles. The summed E-state index contributed by atoms with van der Waals surface area (Å²) in [6.45, 7) is 11.5. The zero-order valence-electron chi connectivity index (χ0n) is 13.9. The van der Waals surface area contributed by atoms with Crippen LogP contribution in [0.3, 0.4) is 0 Å². The molecule has 0 aliphatic rings. The van der Waals surface area contributed by atoms with Crippen molar-refractivity contribution in [2.45, 2.75) is 53.4 Å². The Balaban J connectivity index is 0. The van der Waals surface area contributed by atoms with E-state index in [9.17, 15) is 0 Å². The van der Waals surface area contributed by atoms with Crippen LogP contribution < -0.4 is 0 Å². The predicted molar refractivity (Wildman–Crippen MR) is 84.0 cm³/mol. The van der Waals surface area contributed by atoms with E-state index >= 15 is 0 Å². The summed E-state index contributed by atoms with van der Waals surface area (Å²) in [5.74, 6) is 1.27. The van der Waals surface area contributed by atoms with Gasteiger partial charge in [0.25, 0.3) is 0 Å². The first-order valence-electron chi connectivity index (χ1n) is 7.99. The molecule has 2 atom stereocenters. The fraction of sp³-hybridized carbons (Fsp3) is 1.00. The summed E-state index contributed by atoms with van der Waals surface area (Å²) in [6.07, 6.45) is 4.85. The number of aliphatic hydroxyl groups excluding tert-OH is 2.